The summed E-state index contributed by atoms with van der Waals surface area (Å²) in [5.74, 6) is 0. The van der Waals surface area contributed by atoms with Gasteiger partial charge in [0.2, 0.25) is 0 Å². The van der Waals surface area contributed by atoms with Crippen molar-refractivity contribution in [3.8, 4) is 0 Å². The molecule has 0 aliphatic carbocycles. The minimum Gasteiger partial charge on any atom is -0.325 e. The molecule has 0 saturated carbocycles. The maximum atomic E-state index is 5.77. The Hall–Kier alpha value is -0.160. The first-order valence-corrected chi connectivity index (χ1v) is 6.52. The predicted molar refractivity (Wildman–Crippen MR) is 67.6 cm³/mol. The Morgan fingerprint density at radius 3 is 2.44 bits per heavy atom. The number of hydrogen-bond acceptors (Lipinski definition) is 4. The minimum absolute atomic E-state index is 0.439. The molecule has 0 spiro atoms. The lowest BCUT2D eigenvalue weighted by atomic mass is 10.0. The van der Waals surface area contributed by atoms with E-state index >= 15 is 0 Å². The maximum absolute atomic E-state index is 5.77. The van der Waals surface area contributed by atoms with Crippen molar-refractivity contribution in [1.82, 2.24) is 14.7 Å². The number of nitrogens with two attached hydrogens (primary N) is 1. The van der Waals surface area contributed by atoms with Gasteiger partial charge in [0.25, 0.3) is 0 Å². The summed E-state index contributed by atoms with van der Waals surface area (Å²) in [6.45, 7) is 7.09. The molecule has 0 atom stereocenters. The Labute approximate surface area is 99.4 Å². The van der Waals surface area contributed by atoms with Crippen molar-refractivity contribution in [1.29, 1.82) is 0 Å². The van der Waals surface area contributed by atoms with E-state index in [9.17, 15) is 0 Å². The molecule has 94 valence electrons. The van der Waals surface area contributed by atoms with E-state index in [4.69, 9.17) is 5.73 Å². The van der Waals surface area contributed by atoms with Crippen molar-refractivity contribution in [2.75, 3.05) is 53.4 Å². The van der Waals surface area contributed by atoms with Gasteiger partial charge >= 0.3 is 0 Å². The average molecular weight is 226 g/mol. The Morgan fingerprint density at radius 1 is 1.25 bits per heavy atom. The van der Waals surface area contributed by atoms with Gasteiger partial charge in [-0.2, -0.15) is 0 Å². The zero-order chi connectivity index (χ0) is 11.5. The number of nitrogens with zero attached hydrogens (tertiary/aromatic N) is 3. The van der Waals surface area contributed by atoms with Crippen LogP contribution >= 0.6 is 0 Å². The smallest absolute Gasteiger partial charge is 0.0297 e. The summed E-state index contributed by atoms with van der Waals surface area (Å²) in [4.78, 5) is 7.42. The molecular formula is C12H26N4. The second-order valence-corrected chi connectivity index (χ2v) is 5.53. The molecule has 2 fully saturated rings. The highest BCUT2D eigenvalue weighted by Gasteiger charge is 2.24. The molecule has 2 saturated heterocycles. The van der Waals surface area contributed by atoms with Crippen LogP contribution in [0.1, 0.15) is 12.8 Å². The molecule has 0 aromatic rings. The fraction of sp³-hybridized carbons (Fsp3) is 1.00. The Bertz CT molecular complexity index is 207. The fourth-order valence-electron chi connectivity index (χ4n) is 2.71. The van der Waals surface area contributed by atoms with Crippen molar-refractivity contribution in [2.24, 2.45) is 5.73 Å². The third kappa shape index (κ3) is 3.17. The van der Waals surface area contributed by atoms with Crippen molar-refractivity contribution in [3.05, 3.63) is 0 Å². The molecule has 16 heavy (non-hydrogen) atoms. The van der Waals surface area contributed by atoms with Crippen molar-refractivity contribution in [2.45, 2.75) is 24.9 Å². The molecular weight excluding hydrogens is 200 g/mol. The Morgan fingerprint density at radius 2 is 1.88 bits per heavy atom. The summed E-state index contributed by atoms with van der Waals surface area (Å²) in [6.07, 6.45) is 2.65. The maximum Gasteiger partial charge on any atom is 0.0297 e. The van der Waals surface area contributed by atoms with Gasteiger partial charge in [-0.1, -0.05) is 0 Å². The summed E-state index contributed by atoms with van der Waals surface area (Å²) in [5.41, 5.74) is 5.77. The first-order chi connectivity index (χ1) is 7.65. The summed E-state index contributed by atoms with van der Waals surface area (Å²) in [5, 5.41) is 0. The zero-order valence-electron chi connectivity index (χ0n) is 10.7. The fourth-order valence-corrected chi connectivity index (χ4v) is 2.71. The van der Waals surface area contributed by atoms with Gasteiger partial charge in [0.05, 0.1) is 0 Å². The molecule has 0 aromatic heterocycles. The van der Waals surface area contributed by atoms with Crippen molar-refractivity contribution in [3.63, 3.8) is 0 Å². The third-order valence-corrected chi connectivity index (χ3v) is 4.07. The third-order valence-electron chi connectivity index (χ3n) is 4.07. The SMILES string of the molecule is CN1CCC(N(C)CCN2CC(N)C2)CC1. The van der Waals surface area contributed by atoms with Gasteiger partial charge in [-0.05, 0) is 40.0 Å². The summed E-state index contributed by atoms with van der Waals surface area (Å²) < 4.78 is 0. The van der Waals surface area contributed by atoms with Gasteiger partial charge in [-0.3, -0.25) is 4.90 Å². The molecule has 2 N–H and O–H groups in total. The van der Waals surface area contributed by atoms with Crippen LogP contribution in [0.25, 0.3) is 0 Å². The van der Waals surface area contributed by atoms with Crippen LogP contribution < -0.4 is 5.73 Å². The van der Waals surface area contributed by atoms with Crippen LogP contribution in [0.5, 0.6) is 0 Å². The molecule has 4 heteroatoms. The summed E-state index contributed by atoms with van der Waals surface area (Å²) in [7, 11) is 4.49. The number of likely N-dealkylation sites (N-methyl/N-ethyl adjacent to an activating group) is 1. The lowest BCUT2D eigenvalue weighted by Crippen LogP contribution is -2.57. The molecule has 0 radical (unpaired) electrons. The van der Waals surface area contributed by atoms with Crippen molar-refractivity contribution < 1.29 is 0 Å². The second-order valence-electron chi connectivity index (χ2n) is 5.53. The van der Waals surface area contributed by atoms with E-state index in [2.05, 4.69) is 28.8 Å². The summed E-state index contributed by atoms with van der Waals surface area (Å²) >= 11 is 0. The minimum atomic E-state index is 0.439. The van der Waals surface area contributed by atoms with Crippen LogP contribution in [0.2, 0.25) is 0 Å². The number of piperidine rings is 1. The van der Waals surface area contributed by atoms with E-state index in [1.165, 1.54) is 39.0 Å². The highest BCUT2D eigenvalue weighted by atomic mass is 15.3. The van der Waals surface area contributed by atoms with E-state index in [0.29, 0.717) is 6.04 Å². The summed E-state index contributed by atoms with van der Waals surface area (Å²) in [6, 6.07) is 1.24. The molecule has 0 unspecified atom stereocenters. The average Bonchev–Trinajstić information content (AvgIpc) is 2.23. The van der Waals surface area contributed by atoms with Crippen LogP contribution in [0.4, 0.5) is 0 Å². The molecule has 0 aromatic carbocycles. The Kier molecular flexibility index (Phi) is 4.19. The molecule has 0 amide bonds. The van der Waals surface area contributed by atoms with Crippen LogP contribution in [0, 0.1) is 0 Å². The quantitative estimate of drug-likeness (QED) is 0.711. The second kappa shape index (κ2) is 5.45. The van der Waals surface area contributed by atoms with Crippen LogP contribution in [0.15, 0.2) is 0 Å². The van der Waals surface area contributed by atoms with E-state index < -0.39 is 0 Å². The standard InChI is InChI=1S/C12H26N4/c1-14-5-3-12(4-6-14)15(2)7-8-16-9-11(13)10-16/h11-12H,3-10,13H2,1-2H3. The highest BCUT2D eigenvalue weighted by Crippen LogP contribution is 2.14. The van der Waals surface area contributed by atoms with Crippen LogP contribution in [-0.4, -0.2) is 80.1 Å². The predicted octanol–water partition coefficient (Wildman–Crippen LogP) is -0.345. The van der Waals surface area contributed by atoms with Gasteiger partial charge in [0.15, 0.2) is 0 Å². The van der Waals surface area contributed by atoms with E-state index in [-0.39, 0.29) is 0 Å². The molecule has 2 rings (SSSR count). The highest BCUT2D eigenvalue weighted by molar-refractivity contribution is 4.84. The molecule has 4 nitrogen and oxygen atoms in total. The molecule has 0 bridgehead atoms. The molecule has 2 aliphatic heterocycles. The monoisotopic (exact) mass is 226 g/mol. The Balaban J connectivity index is 1.62. The van der Waals surface area contributed by atoms with Gasteiger partial charge in [0.1, 0.15) is 0 Å². The van der Waals surface area contributed by atoms with Gasteiger partial charge in [-0.15, -0.1) is 0 Å². The normalized spacial score (nSPS) is 26.2. The van der Waals surface area contributed by atoms with Gasteiger partial charge in [-0.25, -0.2) is 0 Å². The lowest BCUT2D eigenvalue weighted by Gasteiger charge is -2.40. The topological polar surface area (TPSA) is 35.7 Å². The number of hydrogen-bond donors (Lipinski definition) is 1. The first-order valence-electron chi connectivity index (χ1n) is 6.52. The molecule has 2 heterocycles. The van der Waals surface area contributed by atoms with Gasteiger partial charge < -0.3 is 15.5 Å². The van der Waals surface area contributed by atoms with Crippen LogP contribution in [0.3, 0.4) is 0 Å². The number of rotatable bonds is 4. The van der Waals surface area contributed by atoms with E-state index in [0.717, 1.165) is 19.1 Å². The largest absolute Gasteiger partial charge is 0.325 e. The molecule has 2 aliphatic rings. The van der Waals surface area contributed by atoms with Crippen molar-refractivity contribution >= 4 is 0 Å². The zero-order valence-corrected chi connectivity index (χ0v) is 10.7. The van der Waals surface area contributed by atoms with E-state index in [1.807, 2.05) is 0 Å². The van der Waals surface area contributed by atoms with Gasteiger partial charge in [0, 0.05) is 38.3 Å². The number of likely N-dealkylation sites (tertiary alicyclic amines) is 2. The first kappa shape index (κ1) is 12.3. The van der Waals surface area contributed by atoms with E-state index in [1.54, 1.807) is 0 Å². The lowest BCUT2D eigenvalue weighted by molar-refractivity contribution is 0.0997. The van der Waals surface area contributed by atoms with Crippen LogP contribution in [-0.2, 0) is 0 Å².